The lowest BCUT2D eigenvalue weighted by atomic mass is 9.99. The number of nitrogens with two attached hydrogens (primary N) is 1. The van der Waals surface area contributed by atoms with E-state index in [2.05, 4.69) is 5.32 Å². The van der Waals surface area contributed by atoms with Crippen molar-refractivity contribution in [3.8, 4) is 0 Å². The molecule has 0 aromatic rings. The smallest absolute Gasteiger partial charge is 0.310 e. The summed E-state index contributed by atoms with van der Waals surface area (Å²) in [5, 5.41) is 3.18. The van der Waals surface area contributed by atoms with Crippen molar-refractivity contribution < 1.29 is 9.53 Å². The number of nitrogens with one attached hydrogen (secondary N) is 1. The van der Waals surface area contributed by atoms with Crippen LogP contribution >= 0.6 is 0 Å². The summed E-state index contributed by atoms with van der Waals surface area (Å²) in [6.07, 6.45) is 1.25. The van der Waals surface area contributed by atoms with Crippen LogP contribution in [0.25, 0.3) is 0 Å². The summed E-state index contributed by atoms with van der Waals surface area (Å²) in [6, 6.07) is 0. The third kappa shape index (κ3) is 2.79. The summed E-state index contributed by atoms with van der Waals surface area (Å²) in [5.74, 6) is -0.0938. The highest BCUT2D eigenvalue weighted by molar-refractivity contribution is 5.72. The number of esters is 1. The average Bonchev–Trinajstić information content (AvgIpc) is 2.05. The van der Waals surface area contributed by atoms with Gasteiger partial charge in [0.2, 0.25) is 0 Å². The molecule has 12 heavy (non-hydrogen) atoms. The fourth-order valence-electron chi connectivity index (χ4n) is 1.34. The molecule has 1 heterocycles. The van der Waals surface area contributed by atoms with Crippen LogP contribution in [-0.2, 0) is 9.53 Å². The first-order valence-electron chi connectivity index (χ1n) is 4.37. The van der Waals surface area contributed by atoms with Crippen LogP contribution in [0.4, 0.5) is 0 Å². The van der Waals surface area contributed by atoms with E-state index in [-0.39, 0.29) is 11.9 Å². The van der Waals surface area contributed by atoms with Crippen molar-refractivity contribution in [2.24, 2.45) is 11.7 Å². The molecule has 0 amide bonds. The minimum Gasteiger partial charge on any atom is -0.447 e. The van der Waals surface area contributed by atoms with Gasteiger partial charge in [0.1, 0.15) is 6.23 Å². The fraction of sp³-hybridized carbons (Fsp3) is 0.875. The maximum Gasteiger partial charge on any atom is 0.310 e. The summed E-state index contributed by atoms with van der Waals surface area (Å²) >= 11 is 0. The van der Waals surface area contributed by atoms with Gasteiger partial charge in [-0.1, -0.05) is 0 Å². The van der Waals surface area contributed by atoms with E-state index in [1.807, 2.05) is 0 Å². The number of hydrogen-bond donors (Lipinski definition) is 2. The van der Waals surface area contributed by atoms with Gasteiger partial charge < -0.3 is 10.1 Å². The van der Waals surface area contributed by atoms with E-state index in [4.69, 9.17) is 10.5 Å². The van der Waals surface area contributed by atoms with Crippen LogP contribution in [0.15, 0.2) is 0 Å². The van der Waals surface area contributed by atoms with E-state index in [0.29, 0.717) is 0 Å². The lowest BCUT2D eigenvalue weighted by Gasteiger charge is -2.21. The van der Waals surface area contributed by atoms with E-state index < -0.39 is 6.23 Å². The molecular formula is C8H16N2O2. The van der Waals surface area contributed by atoms with Gasteiger partial charge in [0, 0.05) is 0 Å². The molecule has 1 aliphatic heterocycles. The molecule has 0 spiro atoms. The van der Waals surface area contributed by atoms with Gasteiger partial charge in [0.05, 0.1) is 5.92 Å². The van der Waals surface area contributed by atoms with Crippen molar-refractivity contribution in [2.75, 3.05) is 13.1 Å². The van der Waals surface area contributed by atoms with Crippen molar-refractivity contribution in [3.05, 3.63) is 0 Å². The molecule has 3 N–H and O–H groups in total. The first kappa shape index (κ1) is 9.48. The summed E-state index contributed by atoms with van der Waals surface area (Å²) < 4.78 is 4.90. The molecule has 1 saturated heterocycles. The van der Waals surface area contributed by atoms with Crippen LogP contribution in [0.5, 0.6) is 0 Å². The highest BCUT2D eigenvalue weighted by Gasteiger charge is 2.22. The van der Waals surface area contributed by atoms with Gasteiger partial charge >= 0.3 is 5.97 Å². The van der Waals surface area contributed by atoms with Crippen LogP contribution in [0.3, 0.4) is 0 Å². The normalized spacial score (nSPS) is 21.8. The molecule has 0 aromatic heterocycles. The maximum atomic E-state index is 11.3. The molecule has 1 rings (SSSR count). The molecule has 4 nitrogen and oxygen atoms in total. The van der Waals surface area contributed by atoms with E-state index in [1.54, 1.807) is 6.92 Å². The Kier molecular flexibility index (Phi) is 3.49. The lowest BCUT2D eigenvalue weighted by Crippen LogP contribution is -2.35. The SMILES string of the molecule is CC(N)OC(=O)C1CCNCC1. The van der Waals surface area contributed by atoms with E-state index in [1.165, 1.54) is 0 Å². The van der Waals surface area contributed by atoms with Gasteiger partial charge in [-0.3, -0.25) is 10.5 Å². The van der Waals surface area contributed by atoms with E-state index in [0.717, 1.165) is 25.9 Å². The number of hydrogen-bond acceptors (Lipinski definition) is 4. The molecule has 0 aromatic carbocycles. The molecule has 70 valence electrons. The molecule has 4 heteroatoms. The third-order valence-electron chi connectivity index (χ3n) is 1.97. The van der Waals surface area contributed by atoms with Crippen molar-refractivity contribution in [3.63, 3.8) is 0 Å². The summed E-state index contributed by atoms with van der Waals surface area (Å²) in [5.41, 5.74) is 5.34. The predicted molar refractivity (Wildman–Crippen MR) is 45.3 cm³/mol. The van der Waals surface area contributed by atoms with Crippen LogP contribution in [0.2, 0.25) is 0 Å². The summed E-state index contributed by atoms with van der Waals surface area (Å²) in [4.78, 5) is 11.3. The zero-order chi connectivity index (χ0) is 8.97. The molecule has 0 saturated carbocycles. The van der Waals surface area contributed by atoms with Crippen LogP contribution < -0.4 is 11.1 Å². The first-order chi connectivity index (χ1) is 5.70. The second kappa shape index (κ2) is 4.42. The van der Waals surface area contributed by atoms with E-state index >= 15 is 0 Å². The topological polar surface area (TPSA) is 64.3 Å². The second-order valence-corrected chi connectivity index (χ2v) is 3.17. The Labute approximate surface area is 72.5 Å². The zero-order valence-corrected chi connectivity index (χ0v) is 7.38. The standard InChI is InChI=1S/C8H16N2O2/c1-6(9)12-8(11)7-2-4-10-5-3-7/h6-7,10H,2-5,9H2,1H3. The Morgan fingerprint density at radius 1 is 1.58 bits per heavy atom. The minimum atomic E-state index is -0.479. The Bertz CT molecular complexity index is 153. The van der Waals surface area contributed by atoms with Gasteiger partial charge in [-0.15, -0.1) is 0 Å². The highest BCUT2D eigenvalue weighted by Crippen LogP contribution is 2.13. The lowest BCUT2D eigenvalue weighted by molar-refractivity contribution is -0.153. The molecule has 0 aliphatic carbocycles. The quantitative estimate of drug-likeness (QED) is 0.448. The highest BCUT2D eigenvalue weighted by atomic mass is 16.6. The van der Waals surface area contributed by atoms with Crippen molar-refractivity contribution in [1.29, 1.82) is 0 Å². The number of ether oxygens (including phenoxy) is 1. The summed E-state index contributed by atoms with van der Waals surface area (Å²) in [6.45, 7) is 3.47. The van der Waals surface area contributed by atoms with Crippen molar-refractivity contribution >= 4 is 5.97 Å². The third-order valence-corrected chi connectivity index (χ3v) is 1.97. The Hall–Kier alpha value is -0.610. The monoisotopic (exact) mass is 172 g/mol. The predicted octanol–water partition coefficient (Wildman–Crippen LogP) is -0.166. The van der Waals surface area contributed by atoms with Gasteiger partial charge in [0.25, 0.3) is 0 Å². The molecular weight excluding hydrogens is 156 g/mol. The van der Waals surface area contributed by atoms with Gasteiger partial charge in [0.15, 0.2) is 0 Å². The molecule has 1 fully saturated rings. The maximum absolute atomic E-state index is 11.3. The van der Waals surface area contributed by atoms with Gasteiger partial charge in [-0.05, 0) is 32.9 Å². The van der Waals surface area contributed by atoms with E-state index in [9.17, 15) is 4.79 Å². The number of piperidine rings is 1. The van der Waals surface area contributed by atoms with Crippen molar-refractivity contribution in [2.45, 2.75) is 26.0 Å². The van der Waals surface area contributed by atoms with Crippen molar-refractivity contribution in [1.82, 2.24) is 5.32 Å². The second-order valence-electron chi connectivity index (χ2n) is 3.17. The molecule has 0 bridgehead atoms. The summed E-state index contributed by atoms with van der Waals surface area (Å²) in [7, 11) is 0. The largest absolute Gasteiger partial charge is 0.447 e. The molecule has 0 radical (unpaired) electrons. The molecule has 1 unspecified atom stereocenters. The van der Waals surface area contributed by atoms with Crippen LogP contribution in [-0.4, -0.2) is 25.3 Å². The average molecular weight is 172 g/mol. The fourth-order valence-corrected chi connectivity index (χ4v) is 1.34. The Morgan fingerprint density at radius 2 is 2.17 bits per heavy atom. The molecule has 1 aliphatic rings. The zero-order valence-electron chi connectivity index (χ0n) is 7.38. The Balaban J connectivity index is 2.30. The van der Waals surface area contributed by atoms with Crippen LogP contribution in [0, 0.1) is 5.92 Å². The number of carbonyl (C=O) groups excluding carboxylic acids is 1. The first-order valence-corrected chi connectivity index (χ1v) is 4.37. The Morgan fingerprint density at radius 3 is 2.67 bits per heavy atom. The van der Waals surface area contributed by atoms with Gasteiger partial charge in [-0.25, -0.2) is 0 Å². The molecule has 1 atom stereocenters. The van der Waals surface area contributed by atoms with Crippen LogP contribution in [0.1, 0.15) is 19.8 Å². The number of rotatable bonds is 2. The minimum absolute atomic E-state index is 0.0530. The number of carbonyl (C=O) groups is 1. The van der Waals surface area contributed by atoms with Gasteiger partial charge in [-0.2, -0.15) is 0 Å².